The molecule has 0 radical (unpaired) electrons. The van der Waals surface area contributed by atoms with E-state index in [9.17, 15) is 23.3 Å². The van der Waals surface area contributed by atoms with Gasteiger partial charge in [0.25, 0.3) is 0 Å². The first kappa shape index (κ1) is 27.5. The fourth-order valence-corrected chi connectivity index (χ4v) is 5.90. The van der Waals surface area contributed by atoms with Crippen LogP contribution in [0, 0.1) is 11.3 Å². The van der Waals surface area contributed by atoms with Crippen LogP contribution in [0.4, 0.5) is 9.59 Å². The fourth-order valence-electron chi connectivity index (χ4n) is 4.70. The van der Waals surface area contributed by atoms with Crippen LogP contribution in [0.15, 0.2) is 0 Å². The number of rotatable bonds is 6. The van der Waals surface area contributed by atoms with Crippen LogP contribution in [0.2, 0.25) is 0 Å². The van der Waals surface area contributed by atoms with Crippen molar-refractivity contribution in [3.8, 4) is 6.07 Å². The summed E-state index contributed by atoms with van der Waals surface area (Å²) in [5.41, 5.74) is -1.99. The molecule has 0 spiro atoms. The van der Waals surface area contributed by atoms with Crippen molar-refractivity contribution in [1.29, 1.82) is 5.26 Å². The second kappa shape index (κ2) is 9.75. The topological polar surface area (TPSA) is 132 Å². The van der Waals surface area contributed by atoms with E-state index >= 15 is 0 Å². The van der Waals surface area contributed by atoms with Crippen molar-refractivity contribution in [3.63, 3.8) is 0 Å². The SMILES string of the molecule is CC(C)(C)OC(=O)NS(=O)(=O)N1CC(CC#N)(N2CCC(N(C(=O)OC(C)(C)C)C3CC3)CC2)C1. The number of carbonyl (C=O) groups is 2. The molecule has 35 heavy (non-hydrogen) atoms. The Morgan fingerprint density at radius 2 is 1.51 bits per heavy atom. The predicted molar refractivity (Wildman–Crippen MR) is 129 cm³/mol. The number of nitrogens with zero attached hydrogens (tertiary/aromatic N) is 4. The first-order valence-corrected chi connectivity index (χ1v) is 13.6. The lowest BCUT2D eigenvalue weighted by Crippen LogP contribution is -2.73. The zero-order chi connectivity index (χ0) is 26.2. The third-order valence-electron chi connectivity index (χ3n) is 6.37. The summed E-state index contributed by atoms with van der Waals surface area (Å²) in [5, 5.41) is 9.46. The molecule has 0 unspecified atom stereocenters. The molecule has 2 amide bonds. The van der Waals surface area contributed by atoms with Crippen LogP contribution in [-0.4, -0.2) is 89.7 Å². The summed E-state index contributed by atoms with van der Waals surface area (Å²) in [7, 11) is -4.08. The van der Waals surface area contributed by atoms with Gasteiger partial charge in [-0.3, -0.25) is 4.90 Å². The summed E-state index contributed by atoms with van der Waals surface area (Å²) in [6.45, 7) is 12.0. The molecule has 0 aromatic carbocycles. The smallest absolute Gasteiger partial charge is 0.422 e. The van der Waals surface area contributed by atoms with Gasteiger partial charge >= 0.3 is 22.4 Å². The molecule has 198 valence electrons. The van der Waals surface area contributed by atoms with Gasteiger partial charge in [-0.15, -0.1) is 0 Å². The molecule has 1 N–H and O–H groups in total. The van der Waals surface area contributed by atoms with E-state index in [1.165, 1.54) is 0 Å². The van der Waals surface area contributed by atoms with Crippen LogP contribution in [0.1, 0.15) is 73.6 Å². The Morgan fingerprint density at radius 1 is 1.00 bits per heavy atom. The monoisotopic (exact) mass is 513 g/mol. The zero-order valence-electron chi connectivity index (χ0n) is 21.7. The minimum Gasteiger partial charge on any atom is -0.444 e. The van der Waals surface area contributed by atoms with Crippen LogP contribution in [0.5, 0.6) is 0 Å². The molecule has 2 aliphatic heterocycles. The van der Waals surface area contributed by atoms with Gasteiger partial charge in [0.05, 0.1) is 18.0 Å². The van der Waals surface area contributed by atoms with Gasteiger partial charge in [0.1, 0.15) is 11.2 Å². The predicted octanol–water partition coefficient (Wildman–Crippen LogP) is 2.59. The first-order valence-electron chi connectivity index (χ1n) is 12.2. The van der Waals surface area contributed by atoms with Gasteiger partial charge < -0.3 is 14.4 Å². The van der Waals surface area contributed by atoms with Gasteiger partial charge in [0.15, 0.2) is 0 Å². The van der Waals surface area contributed by atoms with Gasteiger partial charge in [-0.05, 0) is 67.2 Å². The summed E-state index contributed by atoms with van der Waals surface area (Å²) in [5.74, 6) is 0. The number of amides is 2. The summed E-state index contributed by atoms with van der Waals surface area (Å²) in [4.78, 5) is 28.9. The summed E-state index contributed by atoms with van der Waals surface area (Å²) < 4.78 is 39.1. The molecule has 0 aromatic heterocycles. The highest BCUT2D eigenvalue weighted by Gasteiger charge is 2.53. The Bertz CT molecular complexity index is 946. The average Bonchev–Trinajstić information content (AvgIpc) is 3.46. The molecule has 12 heteroatoms. The lowest BCUT2D eigenvalue weighted by atomic mass is 9.84. The van der Waals surface area contributed by atoms with Gasteiger partial charge in [0.2, 0.25) is 0 Å². The number of likely N-dealkylation sites (tertiary alicyclic amines) is 1. The Labute approximate surface area is 208 Å². The minimum absolute atomic E-state index is 0.0569. The van der Waals surface area contributed by atoms with Crippen molar-refractivity contribution in [2.75, 3.05) is 26.2 Å². The summed E-state index contributed by atoms with van der Waals surface area (Å²) >= 11 is 0. The number of nitrogens with one attached hydrogen (secondary N) is 1. The van der Waals surface area contributed by atoms with E-state index in [4.69, 9.17) is 9.47 Å². The van der Waals surface area contributed by atoms with E-state index in [1.807, 2.05) is 30.4 Å². The summed E-state index contributed by atoms with van der Waals surface area (Å²) in [6, 6.07) is 2.48. The third-order valence-corrected chi connectivity index (χ3v) is 7.74. The highest BCUT2D eigenvalue weighted by Crippen LogP contribution is 2.38. The van der Waals surface area contributed by atoms with Gasteiger partial charge in [-0.2, -0.15) is 18.0 Å². The number of carbonyl (C=O) groups excluding carboxylic acids is 2. The Kier molecular flexibility index (Phi) is 7.65. The van der Waals surface area contributed by atoms with Crippen molar-refractivity contribution in [2.45, 2.75) is 102 Å². The lowest BCUT2D eigenvalue weighted by Gasteiger charge is -2.55. The second-order valence-electron chi connectivity index (χ2n) is 11.8. The fraction of sp³-hybridized carbons (Fsp3) is 0.870. The quantitative estimate of drug-likeness (QED) is 0.573. The van der Waals surface area contributed by atoms with Gasteiger partial charge in [-0.1, -0.05) is 0 Å². The highest BCUT2D eigenvalue weighted by atomic mass is 32.2. The number of nitriles is 1. The van der Waals surface area contributed by atoms with E-state index in [-0.39, 0.29) is 37.7 Å². The molecule has 3 rings (SSSR count). The molecule has 0 bridgehead atoms. The van der Waals surface area contributed by atoms with E-state index in [1.54, 1.807) is 20.8 Å². The van der Waals surface area contributed by atoms with Gasteiger partial charge in [-0.25, -0.2) is 14.3 Å². The maximum absolute atomic E-state index is 12.8. The molecule has 2 heterocycles. The molecule has 2 saturated heterocycles. The van der Waals surface area contributed by atoms with Crippen molar-refractivity contribution < 1.29 is 27.5 Å². The van der Waals surface area contributed by atoms with Crippen LogP contribution < -0.4 is 4.72 Å². The van der Waals surface area contributed by atoms with E-state index in [0.717, 1.165) is 30.0 Å². The zero-order valence-corrected chi connectivity index (χ0v) is 22.5. The van der Waals surface area contributed by atoms with Crippen LogP contribution in [-0.2, 0) is 19.7 Å². The number of hydrogen-bond donors (Lipinski definition) is 1. The lowest BCUT2D eigenvalue weighted by molar-refractivity contribution is -0.0414. The first-order chi connectivity index (χ1) is 16.1. The molecular formula is C23H39N5O6S. The van der Waals surface area contributed by atoms with Gasteiger partial charge in [0, 0.05) is 38.3 Å². The number of hydrogen-bond acceptors (Lipinski definition) is 8. The normalized spacial score (nSPS) is 22.0. The number of piperidine rings is 1. The molecule has 3 aliphatic rings. The standard InChI is InChI=1S/C23H39N5O6S/c1-21(2,3)33-19(29)25-35(31,32)27-15-23(16-27,11-12-24)26-13-9-18(10-14-26)28(17-7-8-17)20(30)34-22(4,5)6/h17-18H,7-11,13-16H2,1-6H3,(H,25,29). The molecule has 11 nitrogen and oxygen atoms in total. The summed E-state index contributed by atoms with van der Waals surface area (Å²) in [6.07, 6.45) is 2.29. The van der Waals surface area contributed by atoms with Crippen molar-refractivity contribution in [2.24, 2.45) is 0 Å². The largest absolute Gasteiger partial charge is 0.444 e. The maximum atomic E-state index is 12.8. The Morgan fingerprint density at radius 3 is 1.97 bits per heavy atom. The molecule has 0 aromatic rings. The molecule has 1 aliphatic carbocycles. The van der Waals surface area contributed by atoms with Crippen LogP contribution in [0.25, 0.3) is 0 Å². The van der Waals surface area contributed by atoms with Crippen LogP contribution in [0.3, 0.4) is 0 Å². The molecule has 0 atom stereocenters. The van der Waals surface area contributed by atoms with Crippen molar-refractivity contribution in [1.82, 2.24) is 18.8 Å². The van der Waals surface area contributed by atoms with Crippen molar-refractivity contribution >= 4 is 22.4 Å². The molecular weight excluding hydrogens is 474 g/mol. The second-order valence-corrected chi connectivity index (χ2v) is 13.4. The molecule has 3 fully saturated rings. The third kappa shape index (κ3) is 6.98. The van der Waals surface area contributed by atoms with E-state index in [2.05, 4.69) is 11.0 Å². The van der Waals surface area contributed by atoms with E-state index in [0.29, 0.717) is 13.1 Å². The van der Waals surface area contributed by atoms with E-state index < -0.39 is 33.0 Å². The maximum Gasteiger partial charge on any atom is 0.422 e. The van der Waals surface area contributed by atoms with Crippen LogP contribution >= 0.6 is 0 Å². The Hall–Kier alpha value is -2.10. The highest BCUT2D eigenvalue weighted by molar-refractivity contribution is 7.87. The number of ether oxygens (including phenoxy) is 2. The average molecular weight is 514 g/mol. The van der Waals surface area contributed by atoms with Crippen molar-refractivity contribution in [3.05, 3.63) is 0 Å². The molecule has 1 saturated carbocycles. The Balaban J connectivity index is 1.60. The minimum atomic E-state index is -4.08.